The minimum absolute atomic E-state index is 0.0199. The van der Waals surface area contributed by atoms with E-state index in [0.29, 0.717) is 6.04 Å². The Kier molecular flexibility index (Phi) is 4.54. The summed E-state index contributed by atoms with van der Waals surface area (Å²) < 4.78 is 0. The number of carbonyl (C=O) groups excluding carboxylic acids is 1. The predicted octanol–water partition coefficient (Wildman–Crippen LogP) is 0.226. The molecule has 0 radical (unpaired) electrons. The van der Waals surface area contributed by atoms with Gasteiger partial charge in [-0.3, -0.25) is 4.79 Å². The fourth-order valence-electron chi connectivity index (χ4n) is 1.84. The van der Waals surface area contributed by atoms with Crippen LogP contribution in [0.5, 0.6) is 0 Å². The van der Waals surface area contributed by atoms with Gasteiger partial charge in [-0.05, 0) is 18.8 Å². The second-order valence-electron chi connectivity index (χ2n) is 4.72. The van der Waals surface area contributed by atoms with Gasteiger partial charge >= 0.3 is 0 Å². The first-order chi connectivity index (χ1) is 7.04. The molecule has 0 spiro atoms. The Balaban J connectivity index is 2.33. The van der Waals surface area contributed by atoms with Crippen LogP contribution in [-0.2, 0) is 4.79 Å². The summed E-state index contributed by atoms with van der Waals surface area (Å²) in [5.74, 6) is 0.176. The average Bonchev–Trinajstić information content (AvgIpc) is 2.64. The maximum absolute atomic E-state index is 11.7. The van der Waals surface area contributed by atoms with Crippen LogP contribution in [0.1, 0.15) is 33.6 Å². The fourth-order valence-corrected chi connectivity index (χ4v) is 1.84. The number of amides is 1. The highest BCUT2D eigenvalue weighted by Gasteiger charge is 2.26. The Bertz CT molecular complexity index is 218. The van der Waals surface area contributed by atoms with Gasteiger partial charge in [0.15, 0.2) is 0 Å². The summed E-state index contributed by atoms with van der Waals surface area (Å²) >= 11 is 0. The smallest absolute Gasteiger partial charge is 0.237 e. The number of nitrogens with one attached hydrogen (secondary N) is 2. The van der Waals surface area contributed by atoms with Crippen LogP contribution in [0.3, 0.4) is 0 Å². The van der Waals surface area contributed by atoms with Gasteiger partial charge in [-0.15, -0.1) is 0 Å². The van der Waals surface area contributed by atoms with E-state index in [9.17, 15) is 4.79 Å². The van der Waals surface area contributed by atoms with E-state index in [-0.39, 0.29) is 23.9 Å². The van der Waals surface area contributed by atoms with Crippen LogP contribution < -0.4 is 16.4 Å². The normalized spacial score (nSPS) is 28.1. The summed E-state index contributed by atoms with van der Waals surface area (Å²) in [6.07, 6.45) is 2.13. The van der Waals surface area contributed by atoms with E-state index in [1.54, 1.807) is 0 Å². The lowest BCUT2D eigenvalue weighted by atomic mass is 10.0. The van der Waals surface area contributed by atoms with E-state index >= 15 is 0 Å². The van der Waals surface area contributed by atoms with Crippen molar-refractivity contribution in [3.63, 3.8) is 0 Å². The maximum atomic E-state index is 11.7. The topological polar surface area (TPSA) is 67.2 Å². The Morgan fingerprint density at radius 2 is 2.27 bits per heavy atom. The quantitative estimate of drug-likeness (QED) is 0.626. The molecule has 1 saturated heterocycles. The number of carbonyl (C=O) groups is 1. The lowest BCUT2D eigenvalue weighted by molar-refractivity contribution is -0.123. The third kappa shape index (κ3) is 3.47. The van der Waals surface area contributed by atoms with Gasteiger partial charge in [-0.25, -0.2) is 0 Å². The molecular formula is C11H23N3O. The highest BCUT2D eigenvalue weighted by atomic mass is 16.2. The molecule has 4 N–H and O–H groups in total. The first kappa shape index (κ1) is 12.5. The second kappa shape index (κ2) is 5.47. The molecule has 0 aliphatic carbocycles. The molecule has 0 saturated carbocycles. The Morgan fingerprint density at radius 1 is 1.60 bits per heavy atom. The van der Waals surface area contributed by atoms with Gasteiger partial charge in [0, 0.05) is 18.6 Å². The van der Waals surface area contributed by atoms with Gasteiger partial charge < -0.3 is 16.4 Å². The van der Waals surface area contributed by atoms with Crippen LogP contribution in [-0.4, -0.2) is 30.6 Å². The van der Waals surface area contributed by atoms with Crippen LogP contribution >= 0.6 is 0 Å². The van der Waals surface area contributed by atoms with E-state index in [1.807, 2.05) is 13.8 Å². The van der Waals surface area contributed by atoms with Crippen molar-refractivity contribution in [1.82, 2.24) is 10.6 Å². The molecule has 88 valence electrons. The molecule has 3 atom stereocenters. The standard InChI is InChI=1S/C11H23N3O/c1-4-8-5-9(6-13-8)14-11(15)10(12)7(2)3/h7-10,13H,4-6,12H2,1-3H3,(H,14,15)/t8-,9?,10-/m1/s1. The molecule has 1 rings (SSSR count). The van der Waals surface area contributed by atoms with Gasteiger partial charge in [0.25, 0.3) is 0 Å². The molecule has 1 aliphatic heterocycles. The minimum atomic E-state index is -0.384. The molecule has 1 fully saturated rings. The number of nitrogens with two attached hydrogens (primary N) is 1. The van der Waals surface area contributed by atoms with Gasteiger partial charge in [-0.1, -0.05) is 20.8 Å². The van der Waals surface area contributed by atoms with Crippen molar-refractivity contribution < 1.29 is 4.79 Å². The molecule has 1 amide bonds. The molecule has 15 heavy (non-hydrogen) atoms. The van der Waals surface area contributed by atoms with Gasteiger partial charge in [0.05, 0.1) is 6.04 Å². The lowest BCUT2D eigenvalue weighted by Crippen LogP contribution is -2.48. The van der Waals surface area contributed by atoms with Crippen molar-refractivity contribution in [2.75, 3.05) is 6.54 Å². The zero-order valence-corrected chi connectivity index (χ0v) is 9.92. The van der Waals surface area contributed by atoms with E-state index in [4.69, 9.17) is 5.73 Å². The highest BCUT2D eigenvalue weighted by molar-refractivity contribution is 5.82. The summed E-state index contributed by atoms with van der Waals surface area (Å²) in [6, 6.07) is 0.420. The third-order valence-electron chi connectivity index (χ3n) is 3.08. The SMILES string of the molecule is CC[C@@H]1CC(NC(=O)[C@H](N)C(C)C)CN1. The Labute approximate surface area is 92.0 Å². The Morgan fingerprint density at radius 3 is 2.73 bits per heavy atom. The molecule has 1 unspecified atom stereocenters. The molecule has 1 heterocycles. The van der Waals surface area contributed by atoms with E-state index in [2.05, 4.69) is 17.6 Å². The first-order valence-electron chi connectivity index (χ1n) is 5.84. The zero-order chi connectivity index (χ0) is 11.4. The first-order valence-corrected chi connectivity index (χ1v) is 5.84. The molecule has 0 aromatic carbocycles. The van der Waals surface area contributed by atoms with Crippen LogP contribution in [0.15, 0.2) is 0 Å². The third-order valence-corrected chi connectivity index (χ3v) is 3.08. The average molecular weight is 213 g/mol. The summed E-state index contributed by atoms with van der Waals surface area (Å²) in [5.41, 5.74) is 5.77. The van der Waals surface area contributed by atoms with Crippen LogP contribution in [0, 0.1) is 5.92 Å². The summed E-state index contributed by atoms with van der Waals surface area (Å²) in [4.78, 5) is 11.7. The molecule has 0 aromatic heterocycles. The summed E-state index contributed by atoms with van der Waals surface area (Å²) in [5, 5.41) is 6.37. The van der Waals surface area contributed by atoms with Gasteiger partial charge in [-0.2, -0.15) is 0 Å². The molecule has 1 aliphatic rings. The molecule has 0 aromatic rings. The molecule has 4 nitrogen and oxygen atoms in total. The monoisotopic (exact) mass is 213 g/mol. The molecular weight excluding hydrogens is 190 g/mol. The van der Waals surface area contributed by atoms with Gasteiger partial charge in [0.2, 0.25) is 5.91 Å². The minimum Gasteiger partial charge on any atom is -0.351 e. The van der Waals surface area contributed by atoms with Crippen LogP contribution in [0.25, 0.3) is 0 Å². The largest absolute Gasteiger partial charge is 0.351 e. The van der Waals surface area contributed by atoms with Gasteiger partial charge in [0.1, 0.15) is 0 Å². The van der Waals surface area contributed by atoms with E-state index in [0.717, 1.165) is 19.4 Å². The van der Waals surface area contributed by atoms with Crippen LogP contribution in [0.4, 0.5) is 0 Å². The van der Waals surface area contributed by atoms with Crippen molar-refractivity contribution in [1.29, 1.82) is 0 Å². The summed E-state index contributed by atoms with van der Waals surface area (Å²) in [6.45, 7) is 6.95. The van der Waals surface area contributed by atoms with E-state index in [1.165, 1.54) is 0 Å². The van der Waals surface area contributed by atoms with Crippen molar-refractivity contribution in [2.45, 2.75) is 51.7 Å². The fraction of sp³-hybridized carbons (Fsp3) is 0.909. The summed E-state index contributed by atoms with van der Waals surface area (Å²) in [7, 11) is 0. The molecule has 4 heteroatoms. The van der Waals surface area contributed by atoms with E-state index < -0.39 is 0 Å². The number of rotatable bonds is 4. The second-order valence-corrected chi connectivity index (χ2v) is 4.72. The maximum Gasteiger partial charge on any atom is 0.237 e. The zero-order valence-electron chi connectivity index (χ0n) is 9.92. The van der Waals surface area contributed by atoms with Crippen molar-refractivity contribution >= 4 is 5.91 Å². The molecule has 0 bridgehead atoms. The van der Waals surface area contributed by atoms with Crippen molar-refractivity contribution in [2.24, 2.45) is 11.7 Å². The van der Waals surface area contributed by atoms with Crippen LogP contribution in [0.2, 0.25) is 0 Å². The van der Waals surface area contributed by atoms with Crippen molar-refractivity contribution in [3.05, 3.63) is 0 Å². The Hall–Kier alpha value is -0.610. The number of hydrogen-bond acceptors (Lipinski definition) is 3. The predicted molar refractivity (Wildman–Crippen MR) is 61.4 cm³/mol. The highest BCUT2D eigenvalue weighted by Crippen LogP contribution is 2.10. The lowest BCUT2D eigenvalue weighted by Gasteiger charge is -2.18. The van der Waals surface area contributed by atoms with Crippen molar-refractivity contribution in [3.8, 4) is 0 Å². The number of hydrogen-bond donors (Lipinski definition) is 3.